The van der Waals surface area contributed by atoms with Gasteiger partial charge in [-0.1, -0.05) is 25.3 Å². The number of unbranched alkanes of at least 4 members (excludes halogenated alkanes) is 1. The minimum absolute atomic E-state index is 0.0279. The Bertz CT molecular complexity index is 1060. The lowest BCUT2D eigenvalue weighted by Crippen LogP contribution is -2.61. The van der Waals surface area contributed by atoms with Crippen molar-refractivity contribution in [2.45, 2.75) is 84.1 Å². The first kappa shape index (κ1) is 22.5. The van der Waals surface area contributed by atoms with Crippen molar-refractivity contribution in [3.05, 3.63) is 43.8 Å². The number of hydrogen-bond donors (Lipinski definition) is 0. The van der Waals surface area contributed by atoms with Crippen LogP contribution in [0.25, 0.3) is 12.2 Å². The fourth-order valence-corrected chi connectivity index (χ4v) is 4.88. The second-order valence-corrected chi connectivity index (χ2v) is 8.91. The van der Waals surface area contributed by atoms with Crippen LogP contribution >= 0.6 is 0 Å². The fourth-order valence-electron chi connectivity index (χ4n) is 4.88. The van der Waals surface area contributed by atoms with E-state index in [4.69, 9.17) is 4.42 Å². The molecule has 2 aliphatic rings. The van der Waals surface area contributed by atoms with E-state index in [1.165, 1.54) is 6.08 Å². The maximum Gasteiger partial charge on any atom is 0.417 e. The summed E-state index contributed by atoms with van der Waals surface area (Å²) in [6, 6.07) is -0.292. The molecule has 0 saturated carbocycles. The van der Waals surface area contributed by atoms with Crippen molar-refractivity contribution in [1.29, 1.82) is 0 Å². The molecule has 2 atom stereocenters. The Morgan fingerprint density at radius 3 is 2.60 bits per heavy atom. The Balaban J connectivity index is 2.28. The van der Waals surface area contributed by atoms with Crippen molar-refractivity contribution < 1.29 is 22.4 Å². The number of nitrogens with zero attached hydrogens (tertiary/aromatic N) is 1. The number of carbonyl (C=O) groups is 1. The van der Waals surface area contributed by atoms with Crippen molar-refractivity contribution >= 4 is 17.9 Å². The monoisotopic (exact) mass is 423 g/mol. The Labute approximate surface area is 173 Å². The fraction of sp³-hybridized carbons (Fsp3) is 0.565. The average Bonchev–Trinajstić information content (AvgIpc) is 2.60. The zero-order chi connectivity index (χ0) is 22.4. The minimum atomic E-state index is -4.66. The number of hydrogen-bond acceptors (Lipinski definition) is 4. The highest BCUT2D eigenvalue weighted by Crippen LogP contribution is 2.40. The average molecular weight is 423 g/mol. The summed E-state index contributed by atoms with van der Waals surface area (Å²) in [6.45, 7) is 9.61. The number of halogens is 3. The van der Waals surface area contributed by atoms with Crippen LogP contribution in [0.15, 0.2) is 26.4 Å². The van der Waals surface area contributed by atoms with Crippen molar-refractivity contribution in [1.82, 2.24) is 4.90 Å². The predicted molar refractivity (Wildman–Crippen MR) is 109 cm³/mol. The summed E-state index contributed by atoms with van der Waals surface area (Å²) in [4.78, 5) is 26.5. The van der Waals surface area contributed by atoms with E-state index in [2.05, 4.69) is 11.8 Å². The highest BCUT2D eigenvalue weighted by molar-refractivity contribution is 5.82. The van der Waals surface area contributed by atoms with Gasteiger partial charge in [0.1, 0.15) is 11.2 Å². The molecule has 1 aromatic heterocycles. The van der Waals surface area contributed by atoms with Gasteiger partial charge in [-0.05, 0) is 58.3 Å². The lowest BCUT2D eigenvalue weighted by atomic mass is 9.78. The third-order valence-corrected chi connectivity index (χ3v) is 6.09. The van der Waals surface area contributed by atoms with E-state index in [9.17, 15) is 22.8 Å². The summed E-state index contributed by atoms with van der Waals surface area (Å²) in [5, 5.41) is -0.125. The second-order valence-electron chi connectivity index (χ2n) is 8.91. The molecule has 0 fully saturated rings. The molecule has 1 aliphatic heterocycles. The van der Waals surface area contributed by atoms with Crippen LogP contribution in [0.4, 0.5) is 13.2 Å². The maximum absolute atomic E-state index is 13.6. The standard InChI is InChI=1S/C23H28F3NO3/c1-6-7-8-18(14(3)28)27-19-11-20-16(9-15(19)13(2)12-22(27,4)5)17(23(24,25)26)10-21(29)30-20/h9-11,18-19H,6-8,12H2,1-5H3. The van der Waals surface area contributed by atoms with Gasteiger partial charge in [0.05, 0.1) is 17.6 Å². The molecule has 0 aromatic carbocycles. The van der Waals surface area contributed by atoms with Crippen molar-refractivity contribution in [3.8, 4) is 0 Å². The molecule has 7 heteroatoms. The molecule has 1 aliphatic carbocycles. The third-order valence-electron chi connectivity index (χ3n) is 6.09. The number of alkyl halides is 3. The highest BCUT2D eigenvalue weighted by atomic mass is 19.4. The second kappa shape index (κ2) is 7.84. The van der Waals surface area contributed by atoms with Crippen LogP contribution in [0.1, 0.15) is 65.9 Å². The van der Waals surface area contributed by atoms with E-state index < -0.39 is 23.4 Å². The van der Waals surface area contributed by atoms with Crippen LogP contribution in [-0.2, 0) is 11.0 Å². The SMILES string of the molecule is CCCCC(C(C)=O)N1C2C=c3oc(=O)cc(C(F)(F)F)c3=CC2=C(C)CC1(C)C. The number of ketones is 1. The molecule has 4 nitrogen and oxygen atoms in total. The zero-order valence-corrected chi connectivity index (χ0v) is 18.0. The topological polar surface area (TPSA) is 50.5 Å². The molecule has 0 amide bonds. The molecule has 0 N–H and O–H groups in total. The van der Waals surface area contributed by atoms with Gasteiger partial charge < -0.3 is 4.42 Å². The molecule has 0 bridgehead atoms. The summed E-state index contributed by atoms with van der Waals surface area (Å²) in [5.74, 6) is 0.0279. The summed E-state index contributed by atoms with van der Waals surface area (Å²) in [7, 11) is 0. The maximum atomic E-state index is 13.6. The van der Waals surface area contributed by atoms with Gasteiger partial charge in [-0.2, -0.15) is 13.2 Å². The molecule has 2 heterocycles. The Hall–Kier alpha value is -2.15. The van der Waals surface area contributed by atoms with Crippen LogP contribution in [0.2, 0.25) is 0 Å². The van der Waals surface area contributed by atoms with Gasteiger partial charge in [-0.25, -0.2) is 4.79 Å². The van der Waals surface area contributed by atoms with Crippen LogP contribution in [-0.4, -0.2) is 28.3 Å². The highest BCUT2D eigenvalue weighted by Gasteiger charge is 2.44. The summed E-state index contributed by atoms with van der Waals surface area (Å²) >= 11 is 0. The van der Waals surface area contributed by atoms with Gasteiger partial charge in [-0.3, -0.25) is 9.69 Å². The lowest BCUT2D eigenvalue weighted by Gasteiger charge is -2.51. The zero-order valence-electron chi connectivity index (χ0n) is 18.0. The van der Waals surface area contributed by atoms with Gasteiger partial charge in [-0.15, -0.1) is 0 Å². The van der Waals surface area contributed by atoms with Gasteiger partial charge in [0, 0.05) is 16.8 Å². The van der Waals surface area contributed by atoms with Crippen LogP contribution in [0.5, 0.6) is 0 Å². The van der Waals surface area contributed by atoms with Gasteiger partial charge >= 0.3 is 11.8 Å². The van der Waals surface area contributed by atoms with Crippen LogP contribution in [0.3, 0.4) is 0 Å². The Morgan fingerprint density at radius 1 is 1.37 bits per heavy atom. The first-order valence-electron chi connectivity index (χ1n) is 10.3. The predicted octanol–water partition coefficient (Wildman–Crippen LogP) is 3.55. The molecular weight excluding hydrogens is 395 g/mol. The first-order valence-corrected chi connectivity index (χ1v) is 10.3. The molecule has 1 aromatic rings. The number of rotatable bonds is 5. The molecule has 2 unspecified atom stereocenters. The quantitative estimate of drug-likeness (QED) is 0.727. The van der Waals surface area contributed by atoms with E-state index in [1.807, 2.05) is 20.8 Å². The minimum Gasteiger partial charge on any atom is -0.423 e. The molecule has 0 spiro atoms. The molecule has 164 valence electrons. The van der Waals surface area contributed by atoms with E-state index in [1.54, 1.807) is 13.0 Å². The van der Waals surface area contributed by atoms with Crippen LogP contribution in [0, 0.1) is 0 Å². The Morgan fingerprint density at radius 2 is 2.03 bits per heavy atom. The third kappa shape index (κ3) is 4.04. The Kier molecular flexibility index (Phi) is 5.89. The normalized spacial score (nSPS) is 21.9. The van der Waals surface area contributed by atoms with Crippen LogP contribution < -0.4 is 16.3 Å². The van der Waals surface area contributed by atoms with Crippen molar-refractivity contribution in [3.63, 3.8) is 0 Å². The van der Waals surface area contributed by atoms with Gasteiger partial charge in [0.2, 0.25) is 0 Å². The van der Waals surface area contributed by atoms with Gasteiger partial charge in [0.15, 0.2) is 0 Å². The van der Waals surface area contributed by atoms with Gasteiger partial charge in [0.25, 0.3) is 0 Å². The smallest absolute Gasteiger partial charge is 0.417 e. The molecule has 0 radical (unpaired) electrons. The first-order chi connectivity index (χ1) is 13.9. The van der Waals surface area contributed by atoms with Crippen molar-refractivity contribution in [2.75, 3.05) is 0 Å². The van der Waals surface area contributed by atoms with Crippen molar-refractivity contribution in [2.24, 2.45) is 0 Å². The molecule has 30 heavy (non-hydrogen) atoms. The largest absolute Gasteiger partial charge is 0.423 e. The number of carbonyl (C=O) groups excluding carboxylic acids is 1. The molecule has 3 rings (SSSR count). The summed E-state index contributed by atoms with van der Waals surface area (Å²) < 4.78 is 45.9. The number of Topliss-reactive ketones (excluding diaryl/α,β-unsaturated/α-hetero) is 1. The summed E-state index contributed by atoms with van der Waals surface area (Å²) in [6.07, 6.45) is 1.51. The van der Waals surface area contributed by atoms with E-state index in [-0.39, 0.29) is 28.0 Å². The number of fused-ring (bicyclic) bond motifs is 2. The molecule has 0 saturated heterocycles. The van der Waals surface area contributed by atoms with E-state index >= 15 is 0 Å². The molecular formula is C23H28F3NO3. The van der Waals surface area contributed by atoms with E-state index in [0.717, 1.165) is 24.0 Å². The van der Waals surface area contributed by atoms with E-state index in [0.29, 0.717) is 18.9 Å². The summed E-state index contributed by atoms with van der Waals surface area (Å²) in [5.41, 5.74) is -0.785. The lowest BCUT2D eigenvalue weighted by molar-refractivity contribution is -0.138.